The number of benzene rings is 1. The van der Waals surface area contributed by atoms with E-state index in [1.807, 2.05) is 10.6 Å². The fraction of sp³-hybridized carbons (Fsp3) is 0.444. The molecule has 11 heteroatoms. The SMILES string of the molecule is CC(=O)N1CCC(C#N)(c2cc3c(=NC(C)c4cccc(C(F)F)c4F)nc(C)nc-3n3c2NCC3)CC1. The number of carbonyl (C=O) groups is 1. The van der Waals surface area contributed by atoms with E-state index in [2.05, 4.69) is 26.3 Å². The van der Waals surface area contributed by atoms with Gasteiger partial charge >= 0.3 is 0 Å². The third kappa shape index (κ3) is 4.27. The number of nitriles is 1. The van der Waals surface area contributed by atoms with Gasteiger partial charge in [0.1, 0.15) is 23.3 Å². The molecule has 0 radical (unpaired) electrons. The summed E-state index contributed by atoms with van der Waals surface area (Å²) in [5.74, 6) is 0.903. The molecule has 0 bridgehead atoms. The van der Waals surface area contributed by atoms with Crippen LogP contribution >= 0.6 is 0 Å². The van der Waals surface area contributed by atoms with Crippen molar-refractivity contribution in [3.8, 4) is 17.5 Å². The number of fused-ring (bicyclic) bond motifs is 3. The minimum Gasteiger partial charge on any atom is -0.369 e. The van der Waals surface area contributed by atoms with E-state index in [0.717, 1.165) is 17.4 Å². The number of aryl methyl sites for hydroxylation is 1. The number of aromatic nitrogens is 3. The Balaban J connectivity index is 1.68. The highest BCUT2D eigenvalue weighted by Gasteiger charge is 2.41. The maximum atomic E-state index is 14.9. The molecule has 38 heavy (non-hydrogen) atoms. The molecule has 8 nitrogen and oxygen atoms in total. The maximum Gasteiger partial charge on any atom is 0.266 e. The Morgan fingerprint density at radius 1 is 1.21 bits per heavy atom. The predicted molar refractivity (Wildman–Crippen MR) is 134 cm³/mol. The molecule has 1 aromatic rings. The van der Waals surface area contributed by atoms with Crippen molar-refractivity contribution in [2.75, 3.05) is 25.0 Å². The number of alkyl halides is 2. The molecule has 0 aliphatic carbocycles. The van der Waals surface area contributed by atoms with Gasteiger partial charge in [-0.1, -0.05) is 18.2 Å². The van der Waals surface area contributed by atoms with E-state index in [1.165, 1.54) is 19.1 Å². The first-order valence-electron chi connectivity index (χ1n) is 12.6. The lowest BCUT2D eigenvalue weighted by molar-refractivity contribution is -0.130. The smallest absolute Gasteiger partial charge is 0.266 e. The summed E-state index contributed by atoms with van der Waals surface area (Å²) in [5, 5.41) is 13.8. The molecule has 1 fully saturated rings. The van der Waals surface area contributed by atoms with E-state index in [0.29, 0.717) is 61.7 Å². The molecule has 4 aliphatic rings. The molecule has 0 saturated carbocycles. The Labute approximate surface area is 218 Å². The molecule has 1 saturated heterocycles. The molecule has 1 aromatic carbocycles. The minimum absolute atomic E-state index is 0.0186. The maximum absolute atomic E-state index is 14.9. The van der Waals surface area contributed by atoms with Crippen molar-refractivity contribution in [3.63, 3.8) is 0 Å². The summed E-state index contributed by atoms with van der Waals surface area (Å²) in [4.78, 5) is 27.5. The Hall–Kier alpha value is -3.94. The summed E-state index contributed by atoms with van der Waals surface area (Å²) in [6.45, 7) is 7.12. The van der Waals surface area contributed by atoms with Crippen LogP contribution in [0.1, 0.15) is 61.7 Å². The summed E-state index contributed by atoms with van der Waals surface area (Å²) >= 11 is 0. The zero-order valence-corrected chi connectivity index (χ0v) is 21.4. The number of nitrogens with zero attached hydrogens (tertiary/aromatic N) is 6. The van der Waals surface area contributed by atoms with Gasteiger partial charge in [-0.05, 0) is 32.8 Å². The van der Waals surface area contributed by atoms with Crippen LogP contribution in [0, 0.1) is 24.1 Å². The summed E-state index contributed by atoms with van der Waals surface area (Å²) in [5.41, 5.74) is 0.241. The molecular weight excluding hydrogens is 495 g/mol. The Kier molecular flexibility index (Phi) is 6.59. The van der Waals surface area contributed by atoms with E-state index in [1.54, 1.807) is 18.7 Å². The quantitative estimate of drug-likeness (QED) is 0.551. The number of halogens is 3. The molecule has 198 valence electrons. The van der Waals surface area contributed by atoms with Gasteiger partial charge in [0.25, 0.3) is 6.43 Å². The summed E-state index contributed by atoms with van der Waals surface area (Å²) < 4.78 is 43.5. The number of hydrogen-bond donors (Lipinski definition) is 1. The highest BCUT2D eigenvalue weighted by Crippen LogP contribution is 2.42. The Bertz CT molecular complexity index is 1490. The first kappa shape index (κ1) is 25.7. The normalized spacial score (nSPS) is 17.8. The third-order valence-electron chi connectivity index (χ3n) is 7.57. The van der Waals surface area contributed by atoms with Crippen molar-refractivity contribution < 1.29 is 18.0 Å². The van der Waals surface area contributed by atoms with E-state index in [4.69, 9.17) is 0 Å². The number of hydrogen-bond acceptors (Lipinski definition) is 6. The third-order valence-corrected chi connectivity index (χ3v) is 7.57. The number of carbonyl (C=O) groups excluding carboxylic acids is 1. The number of pyridine rings is 1. The molecule has 0 aromatic heterocycles. The largest absolute Gasteiger partial charge is 0.369 e. The Morgan fingerprint density at radius 3 is 2.58 bits per heavy atom. The lowest BCUT2D eigenvalue weighted by Gasteiger charge is -2.38. The number of rotatable bonds is 4. The van der Waals surface area contributed by atoms with E-state index in [-0.39, 0.29) is 11.5 Å². The topological polar surface area (TPSA) is 99.2 Å². The van der Waals surface area contributed by atoms with Crippen molar-refractivity contribution in [3.05, 3.63) is 58.1 Å². The van der Waals surface area contributed by atoms with Gasteiger partial charge in [0.15, 0.2) is 5.49 Å². The number of likely N-dealkylation sites (tertiary alicyclic amines) is 1. The van der Waals surface area contributed by atoms with Crippen LogP contribution in [0.2, 0.25) is 0 Å². The molecule has 1 N–H and O–H groups in total. The number of piperidine rings is 1. The van der Waals surface area contributed by atoms with Crippen LogP contribution < -0.4 is 10.8 Å². The number of anilines is 1. The molecule has 1 unspecified atom stereocenters. The average molecular weight is 524 g/mol. The second-order valence-electron chi connectivity index (χ2n) is 9.87. The van der Waals surface area contributed by atoms with E-state index < -0.39 is 29.3 Å². The number of amides is 1. The van der Waals surface area contributed by atoms with E-state index in [9.17, 15) is 23.2 Å². The monoisotopic (exact) mass is 523 g/mol. The first-order chi connectivity index (χ1) is 18.1. The standard InChI is InChI=1S/C27H28F3N7O/c1-15(18-5-4-6-19(22(18)28)23(29)30)33-24-20-13-21(27(14-31)7-10-36(11-8-27)17(3)38)26-32-9-12-37(26)25(20)35-16(2)34-24/h4-6,13,15,23,32H,7-12H2,1-3H3. The van der Waals surface area contributed by atoms with Crippen molar-refractivity contribution in [1.82, 2.24) is 19.4 Å². The highest BCUT2D eigenvalue weighted by atomic mass is 19.3. The van der Waals surface area contributed by atoms with Crippen LogP contribution in [0.4, 0.5) is 19.0 Å². The lowest BCUT2D eigenvalue weighted by Crippen LogP contribution is -2.44. The summed E-state index contributed by atoms with van der Waals surface area (Å²) in [7, 11) is 0. The van der Waals surface area contributed by atoms with Crippen LogP contribution in [0.3, 0.4) is 0 Å². The van der Waals surface area contributed by atoms with Gasteiger partial charge in [0.2, 0.25) is 5.91 Å². The predicted octanol–water partition coefficient (Wildman–Crippen LogP) is 4.26. The van der Waals surface area contributed by atoms with Gasteiger partial charge in [-0.3, -0.25) is 9.79 Å². The average Bonchev–Trinajstić information content (AvgIpc) is 3.38. The molecule has 0 spiro atoms. The number of nitrogens with one attached hydrogen (secondary N) is 1. The van der Waals surface area contributed by atoms with Crippen molar-refractivity contribution in [2.24, 2.45) is 4.99 Å². The van der Waals surface area contributed by atoms with Crippen LogP contribution in [0.5, 0.6) is 0 Å². The Morgan fingerprint density at radius 2 is 1.92 bits per heavy atom. The molecule has 1 amide bonds. The summed E-state index contributed by atoms with van der Waals surface area (Å²) in [6, 6.07) is 7.52. The van der Waals surface area contributed by atoms with Gasteiger partial charge in [-0.25, -0.2) is 23.1 Å². The van der Waals surface area contributed by atoms with Crippen molar-refractivity contribution in [1.29, 1.82) is 5.26 Å². The van der Waals surface area contributed by atoms with Crippen molar-refractivity contribution >= 4 is 11.7 Å². The van der Waals surface area contributed by atoms with Crippen LogP contribution in [-0.4, -0.2) is 45.0 Å². The first-order valence-corrected chi connectivity index (χ1v) is 12.6. The van der Waals surface area contributed by atoms with Crippen LogP contribution in [0.25, 0.3) is 11.4 Å². The van der Waals surface area contributed by atoms with E-state index >= 15 is 0 Å². The van der Waals surface area contributed by atoms with Gasteiger partial charge < -0.3 is 14.8 Å². The lowest BCUT2D eigenvalue weighted by atomic mass is 9.73. The fourth-order valence-corrected chi connectivity index (χ4v) is 5.47. The minimum atomic E-state index is -2.94. The van der Waals surface area contributed by atoms with Crippen LogP contribution in [-0.2, 0) is 16.8 Å². The molecule has 1 atom stereocenters. The second-order valence-corrected chi connectivity index (χ2v) is 9.87. The van der Waals surface area contributed by atoms with Gasteiger partial charge in [-0.2, -0.15) is 5.26 Å². The highest BCUT2D eigenvalue weighted by molar-refractivity contribution is 5.74. The van der Waals surface area contributed by atoms with Gasteiger partial charge in [0.05, 0.1) is 28.7 Å². The summed E-state index contributed by atoms with van der Waals surface area (Å²) in [6.07, 6.45) is -1.98. The molecule has 4 aliphatic heterocycles. The van der Waals surface area contributed by atoms with Crippen LogP contribution in [0.15, 0.2) is 29.3 Å². The molecular formula is C27H28F3N7O. The fourth-order valence-electron chi connectivity index (χ4n) is 5.47. The van der Waals surface area contributed by atoms with Gasteiger partial charge in [-0.15, -0.1) is 0 Å². The zero-order valence-electron chi connectivity index (χ0n) is 21.4. The van der Waals surface area contributed by atoms with Crippen molar-refractivity contribution in [2.45, 2.75) is 58.0 Å². The molecule has 5 rings (SSSR count). The second kappa shape index (κ2) is 9.74. The molecule has 4 heterocycles. The van der Waals surface area contributed by atoms with Gasteiger partial charge in [0, 0.05) is 44.2 Å². The zero-order chi connectivity index (χ0) is 27.2.